The number of esters is 1. The van der Waals surface area contributed by atoms with E-state index in [2.05, 4.69) is 5.32 Å². The van der Waals surface area contributed by atoms with E-state index in [1.165, 1.54) is 0 Å². The average Bonchev–Trinajstić information content (AvgIpc) is 3.15. The molecule has 0 aliphatic carbocycles. The van der Waals surface area contributed by atoms with Gasteiger partial charge in [0.15, 0.2) is 12.4 Å². The Labute approximate surface area is 174 Å². The summed E-state index contributed by atoms with van der Waals surface area (Å²) in [6.07, 6.45) is 1.58. The van der Waals surface area contributed by atoms with Gasteiger partial charge in [0.2, 0.25) is 11.8 Å². The Kier molecular flexibility index (Phi) is 6.31. The third-order valence-electron chi connectivity index (χ3n) is 5.15. The summed E-state index contributed by atoms with van der Waals surface area (Å²) in [5, 5.41) is 2.78. The van der Waals surface area contributed by atoms with E-state index in [1.807, 2.05) is 20.8 Å². The molecule has 0 aromatic heterocycles. The van der Waals surface area contributed by atoms with E-state index in [1.54, 1.807) is 40.9 Å². The Morgan fingerprint density at radius 1 is 1.28 bits per heavy atom. The van der Waals surface area contributed by atoms with Crippen molar-refractivity contribution in [1.29, 1.82) is 0 Å². The summed E-state index contributed by atoms with van der Waals surface area (Å²) in [4.78, 5) is 50.0. The quantitative estimate of drug-likeness (QED) is 0.541. The molecule has 156 valence electrons. The van der Waals surface area contributed by atoms with Crippen LogP contribution in [0.1, 0.15) is 50.4 Å². The molecule has 29 heavy (non-hydrogen) atoms. The summed E-state index contributed by atoms with van der Waals surface area (Å²) in [7, 11) is 0. The second kappa shape index (κ2) is 8.57. The van der Waals surface area contributed by atoms with E-state index < -0.39 is 12.0 Å². The molecule has 7 nitrogen and oxygen atoms in total. The maximum Gasteiger partial charge on any atom is 0.330 e. The van der Waals surface area contributed by atoms with Crippen molar-refractivity contribution in [2.45, 2.75) is 50.9 Å². The fourth-order valence-electron chi connectivity index (χ4n) is 3.63. The highest BCUT2D eigenvalue weighted by Gasteiger charge is 2.53. The predicted molar refractivity (Wildman–Crippen MR) is 111 cm³/mol. The van der Waals surface area contributed by atoms with E-state index >= 15 is 0 Å². The zero-order chi connectivity index (χ0) is 21.2. The van der Waals surface area contributed by atoms with Gasteiger partial charge >= 0.3 is 5.97 Å². The first-order chi connectivity index (χ1) is 13.7. The predicted octanol–water partition coefficient (Wildman–Crippen LogP) is 2.85. The minimum absolute atomic E-state index is 0.0409. The van der Waals surface area contributed by atoms with Crippen molar-refractivity contribution >= 4 is 41.0 Å². The van der Waals surface area contributed by atoms with Gasteiger partial charge in [-0.15, -0.1) is 11.8 Å². The first-order valence-corrected chi connectivity index (χ1v) is 10.7. The first kappa shape index (κ1) is 21.4. The number of rotatable bonds is 7. The first-order valence-electron chi connectivity index (χ1n) is 9.75. The second-order valence-corrected chi connectivity index (χ2v) is 9.52. The molecule has 2 amide bonds. The lowest BCUT2D eigenvalue weighted by molar-refractivity contribution is -0.152. The summed E-state index contributed by atoms with van der Waals surface area (Å²) in [5.41, 5.74) is 1.00. The molecule has 8 heteroatoms. The maximum atomic E-state index is 12.4. The molecule has 2 heterocycles. The number of thioether (sulfide) groups is 1. The van der Waals surface area contributed by atoms with Gasteiger partial charge < -0.3 is 15.0 Å². The van der Waals surface area contributed by atoms with Crippen molar-refractivity contribution in [2.75, 3.05) is 17.7 Å². The zero-order valence-corrected chi connectivity index (χ0v) is 17.7. The Balaban J connectivity index is 1.52. The Morgan fingerprint density at radius 3 is 2.62 bits per heavy atom. The number of carbonyl (C=O) groups excluding carboxylic acids is 4. The highest BCUT2D eigenvalue weighted by atomic mass is 32.2. The molecule has 1 aromatic rings. The normalized spacial score (nSPS) is 23.2. The van der Waals surface area contributed by atoms with Gasteiger partial charge in [0.05, 0.1) is 4.87 Å². The number of ether oxygens (including phenoxy) is 1. The van der Waals surface area contributed by atoms with Crippen LogP contribution < -0.4 is 5.32 Å². The van der Waals surface area contributed by atoms with Crippen molar-refractivity contribution in [3.63, 3.8) is 0 Å². The molecule has 2 aliphatic rings. The third-order valence-corrected chi connectivity index (χ3v) is 6.65. The number of hydrogen-bond acceptors (Lipinski definition) is 6. The summed E-state index contributed by atoms with van der Waals surface area (Å²) in [6.45, 7) is 5.51. The Bertz CT molecular complexity index is 823. The van der Waals surface area contributed by atoms with E-state index in [9.17, 15) is 19.2 Å². The Morgan fingerprint density at radius 2 is 1.97 bits per heavy atom. The fraction of sp³-hybridized carbons (Fsp3) is 0.524. The molecule has 0 radical (unpaired) electrons. The van der Waals surface area contributed by atoms with Crippen molar-refractivity contribution < 1.29 is 23.9 Å². The van der Waals surface area contributed by atoms with Gasteiger partial charge in [0.1, 0.15) is 6.04 Å². The fourth-order valence-corrected chi connectivity index (χ4v) is 5.05. The molecule has 2 fully saturated rings. The van der Waals surface area contributed by atoms with Crippen LogP contribution in [0.4, 0.5) is 5.69 Å². The highest BCUT2D eigenvalue weighted by Crippen LogP contribution is 2.47. The van der Waals surface area contributed by atoms with Crippen LogP contribution in [0.15, 0.2) is 24.3 Å². The van der Waals surface area contributed by atoms with Crippen LogP contribution in [0.25, 0.3) is 0 Å². The van der Waals surface area contributed by atoms with Crippen LogP contribution in [-0.2, 0) is 19.1 Å². The maximum absolute atomic E-state index is 12.4. The summed E-state index contributed by atoms with van der Waals surface area (Å²) in [5.74, 6) is -0.244. The van der Waals surface area contributed by atoms with E-state index in [0.717, 1.165) is 6.42 Å². The lowest BCUT2D eigenvalue weighted by atomic mass is 10.1. The molecule has 1 aromatic carbocycles. The van der Waals surface area contributed by atoms with Crippen molar-refractivity contribution in [3.8, 4) is 0 Å². The molecule has 2 aliphatic heterocycles. The molecule has 2 saturated heterocycles. The number of ketones is 1. The number of nitrogens with one attached hydrogen (secondary N) is 1. The number of fused-ring (bicyclic) bond motifs is 1. The van der Waals surface area contributed by atoms with Gasteiger partial charge in [0.25, 0.3) is 0 Å². The molecular weight excluding hydrogens is 392 g/mol. The average molecular weight is 419 g/mol. The number of hydrogen-bond donors (Lipinski definition) is 1. The third kappa shape index (κ3) is 4.80. The lowest BCUT2D eigenvalue weighted by Gasteiger charge is -2.29. The monoisotopic (exact) mass is 418 g/mol. The molecule has 2 atom stereocenters. The minimum Gasteiger partial charge on any atom is -0.456 e. The standard InChI is InChI=1S/C21H26N2O5S/c1-13(2)10-18(25)22-15-6-4-14(5-7-15)17(24)11-28-20(27)16-12-29-21(3)9-8-19(26)23(16)21/h4-7,13,16H,8-12H2,1-3H3,(H,22,25)/t16-,21-/m0/s1. The smallest absolute Gasteiger partial charge is 0.330 e. The van der Waals surface area contributed by atoms with Gasteiger partial charge in [-0.3, -0.25) is 14.4 Å². The zero-order valence-electron chi connectivity index (χ0n) is 16.9. The number of benzene rings is 1. The second-order valence-electron chi connectivity index (χ2n) is 8.02. The summed E-state index contributed by atoms with van der Waals surface area (Å²) >= 11 is 1.58. The van der Waals surface area contributed by atoms with Crippen molar-refractivity contribution in [3.05, 3.63) is 29.8 Å². The van der Waals surface area contributed by atoms with Crippen LogP contribution in [0.3, 0.4) is 0 Å². The summed E-state index contributed by atoms with van der Waals surface area (Å²) in [6, 6.07) is 5.84. The Hall–Kier alpha value is -2.35. The highest BCUT2D eigenvalue weighted by molar-refractivity contribution is 8.01. The molecule has 1 N–H and O–H groups in total. The molecule has 0 saturated carbocycles. The van der Waals surface area contributed by atoms with Crippen LogP contribution in [0, 0.1) is 5.92 Å². The molecule has 0 bridgehead atoms. The molecule has 0 unspecified atom stereocenters. The molecule has 3 rings (SSSR count). The minimum atomic E-state index is -0.633. The number of carbonyl (C=O) groups is 4. The molecule has 0 spiro atoms. The topological polar surface area (TPSA) is 92.8 Å². The van der Waals surface area contributed by atoms with Crippen LogP contribution in [0.5, 0.6) is 0 Å². The van der Waals surface area contributed by atoms with Crippen molar-refractivity contribution in [1.82, 2.24) is 4.90 Å². The van der Waals surface area contributed by atoms with Gasteiger partial charge in [-0.05, 0) is 43.5 Å². The van der Waals surface area contributed by atoms with Gasteiger partial charge in [-0.1, -0.05) is 13.8 Å². The molecular formula is C21H26N2O5S. The number of anilines is 1. The van der Waals surface area contributed by atoms with E-state index in [4.69, 9.17) is 4.74 Å². The number of amides is 2. The van der Waals surface area contributed by atoms with E-state index in [-0.39, 0.29) is 35.0 Å². The van der Waals surface area contributed by atoms with Crippen LogP contribution in [-0.4, -0.2) is 51.7 Å². The lowest BCUT2D eigenvalue weighted by Crippen LogP contribution is -2.46. The van der Waals surface area contributed by atoms with E-state index in [0.29, 0.717) is 29.8 Å². The largest absolute Gasteiger partial charge is 0.456 e. The number of Topliss-reactive ketones (excluding diaryl/α,β-unsaturated/α-hetero) is 1. The van der Waals surface area contributed by atoms with Crippen LogP contribution in [0.2, 0.25) is 0 Å². The van der Waals surface area contributed by atoms with Gasteiger partial charge in [-0.2, -0.15) is 0 Å². The van der Waals surface area contributed by atoms with Crippen molar-refractivity contribution in [2.24, 2.45) is 5.92 Å². The SMILES string of the molecule is CC(C)CC(=O)Nc1ccc(C(=O)COC(=O)[C@@H]2CS[C@@]3(C)CCC(=O)N23)cc1. The van der Waals surface area contributed by atoms with Crippen LogP contribution >= 0.6 is 11.8 Å². The number of nitrogens with zero attached hydrogens (tertiary/aromatic N) is 1. The van der Waals surface area contributed by atoms with Gasteiger partial charge in [-0.25, -0.2) is 4.79 Å². The van der Waals surface area contributed by atoms with Gasteiger partial charge in [0, 0.05) is 29.8 Å². The summed E-state index contributed by atoms with van der Waals surface area (Å²) < 4.78 is 5.22.